The van der Waals surface area contributed by atoms with E-state index in [0.29, 0.717) is 10.2 Å². The first-order valence-corrected chi connectivity index (χ1v) is 5.39. The summed E-state index contributed by atoms with van der Waals surface area (Å²) in [6, 6.07) is 0. The minimum absolute atomic E-state index is 0.423. The molecule has 0 rings (SSSR count). The molecular weight excluding hydrogens is 147 g/mol. The third-order valence-corrected chi connectivity index (χ3v) is 3.64. The molecule has 0 aliphatic carbocycles. The first-order valence-electron chi connectivity index (χ1n) is 4.41. The molecule has 0 aromatic rings. The van der Waals surface area contributed by atoms with E-state index in [1.807, 2.05) is 0 Å². The van der Waals surface area contributed by atoms with Crippen LogP contribution in [0.15, 0.2) is 0 Å². The molecule has 0 aromatic carbocycles. The Morgan fingerprint density at radius 2 is 1.55 bits per heavy atom. The van der Waals surface area contributed by atoms with Gasteiger partial charge in [-0.05, 0) is 0 Å². The Morgan fingerprint density at radius 1 is 1.09 bits per heavy atom. The van der Waals surface area contributed by atoms with Crippen LogP contribution < -0.4 is 0 Å². The zero-order valence-electron chi connectivity index (χ0n) is 8.82. The van der Waals surface area contributed by atoms with Gasteiger partial charge < -0.3 is 0 Å². The van der Waals surface area contributed by atoms with Gasteiger partial charge in [-0.1, -0.05) is 0 Å². The first kappa shape index (κ1) is 11.9. The van der Waals surface area contributed by atoms with Crippen LogP contribution in [0.3, 0.4) is 0 Å². The average molecular weight is 166 g/mol. The van der Waals surface area contributed by atoms with Crippen molar-refractivity contribution in [2.45, 2.75) is 44.5 Å². The van der Waals surface area contributed by atoms with E-state index in [4.69, 9.17) is 0 Å². The summed E-state index contributed by atoms with van der Waals surface area (Å²) in [5.74, 6) is 1.27. The SMILES string of the molecule is [Li][CH2]C(C)(C)CSC(C)(C)C. The van der Waals surface area contributed by atoms with Crippen molar-refractivity contribution in [3.05, 3.63) is 0 Å². The molecule has 0 aliphatic heterocycles. The van der Waals surface area contributed by atoms with Crippen molar-refractivity contribution in [1.82, 2.24) is 0 Å². The Bertz CT molecular complexity index is 113. The zero-order valence-corrected chi connectivity index (χ0v) is 9.64. The van der Waals surface area contributed by atoms with E-state index >= 15 is 0 Å². The van der Waals surface area contributed by atoms with E-state index in [1.54, 1.807) is 0 Å². The van der Waals surface area contributed by atoms with Crippen molar-refractivity contribution >= 4 is 29.5 Å². The number of hydrogen-bond acceptors (Lipinski definition) is 1. The number of rotatable bonds is 3. The van der Waals surface area contributed by atoms with Gasteiger partial charge in [-0.15, -0.1) is 0 Å². The summed E-state index contributed by atoms with van der Waals surface area (Å²) in [4.78, 5) is 0. The molecule has 0 aliphatic rings. The first-order chi connectivity index (χ1) is 4.77. The fourth-order valence-electron chi connectivity index (χ4n) is 0.514. The molecular formula is C9H19LiS. The number of thioether (sulfide) groups is 1. The van der Waals surface area contributed by atoms with Gasteiger partial charge in [0.2, 0.25) is 0 Å². The summed E-state index contributed by atoms with van der Waals surface area (Å²) >= 11 is 4.33. The summed E-state index contributed by atoms with van der Waals surface area (Å²) in [7, 11) is 0. The van der Waals surface area contributed by atoms with Gasteiger partial charge >= 0.3 is 85.1 Å². The average Bonchev–Trinajstić information content (AvgIpc) is 1.83. The van der Waals surface area contributed by atoms with E-state index < -0.39 is 0 Å². The molecule has 0 unspecified atom stereocenters. The van der Waals surface area contributed by atoms with E-state index in [9.17, 15) is 0 Å². The molecule has 0 atom stereocenters. The van der Waals surface area contributed by atoms with Crippen LogP contribution in [0.5, 0.6) is 0 Å². The standard InChI is InChI=1S/C9H19S.Li/c1-8(2,3)7-10-9(4,5)6;/h1,7H2,2-6H3;. The van der Waals surface area contributed by atoms with E-state index in [0.717, 1.165) is 0 Å². The number of hydrogen-bond donors (Lipinski definition) is 0. The summed E-state index contributed by atoms with van der Waals surface area (Å²) in [6.07, 6.45) is 0. The fourth-order valence-corrected chi connectivity index (χ4v) is 1.54. The van der Waals surface area contributed by atoms with Crippen molar-refractivity contribution in [2.24, 2.45) is 5.41 Å². The van der Waals surface area contributed by atoms with Crippen molar-refractivity contribution in [3.8, 4) is 0 Å². The molecule has 0 fully saturated rings. The molecule has 0 spiro atoms. The summed E-state index contributed by atoms with van der Waals surface area (Å²) in [6.45, 7) is 11.5. The van der Waals surface area contributed by atoms with Crippen LogP contribution in [0, 0.1) is 5.41 Å². The third-order valence-electron chi connectivity index (χ3n) is 1.85. The van der Waals surface area contributed by atoms with E-state index in [-0.39, 0.29) is 0 Å². The van der Waals surface area contributed by atoms with Crippen LogP contribution in [-0.4, -0.2) is 28.2 Å². The summed E-state index contributed by atoms with van der Waals surface area (Å²) < 4.78 is 0.423. The van der Waals surface area contributed by atoms with Crippen molar-refractivity contribution in [3.63, 3.8) is 0 Å². The monoisotopic (exact) mass is 166 g/mol. The van der Waals surface area contributed by atoms with Crippen LogP contribution in [0.2, 0.25) is 5.09 Å². The maximum atomic E-state index is 2.34. The van der Waals surface area contributed by atoms with Crippen molar-refractivity contribution < 1.29 is 0 Å². The second-order valence-electron chi connectivity index (χ2n) is 4.92. The predicted octanol–water partition coefficient (Wildman–Crippen LogP) is 3.13. The van der Waals surface area contributed by atoms with Crippen LogP contribution in [0.4, 0.5) is 0 Å². The minimum atomic E-state index is 0.423. The molecule has 0 amide bonds. The Morgan fingerprint density at radius 3 is 1.82 bits per heavy atom. The maximum absolute atomic E-state index is 2.34. The summed E-state index contributed by atoms with van der Waals surface area (Å²) in [5, 5.41) is 1.27. The molecule has 62 valence electrons. The quantitative estimate of drug-likeness (QED) is 0.580. The Balaban J connectivity index is 3.70. The summed E-state index contributed by atoms with van der Waals surface area (Å²) in [5.41, 5.74) is 0.512. The van der Waals surface area contributed by atoms with Crippen LogP contribution in [-0.2, 0) is 0 Å². The van der Waals surface area contributed by atoms with Crippen LogP contribution >= 0.6 is 11.8 Å². The predicted molar refractivity (Wildman–Crippen MR) is 56.6 cm³/mol. The fraction of sp³-hybridized carbons (Fsp3) is 1.00. The second-order valence-corrected chi connectivity index (χ2v) is 6.72. The van der Waals surface area contributed by atoms with Gasteiger partial charge in [-0.2, -0.15) is 0 Å². The van der Waals surface area contributed by atoms with Crippen molar-refractivity contribution in [2.75, 3.05) is 5.75 Å². The Labute approximate surface area is 85.1 Å². The van der Waals surface area contributed by atoms with Gasteiger partial charge in [-0.25, -0.2) is 0 Å². The molecule has 11 heavy (non-hydrogen) atoms. The molecule has 0 radical (unpaired) electrons. The van der Waals surface area contributed by atoms with Gasteiger partial charge in [0.25, 0.3) is 0 Å². The molecule has 0 saturated carbocycles. The van der Waals surface area contributed by atoms with Gasteiger partial charge in [0, 0.05) is 0 Å². The van der Waals surface area contributed by atoms with Gasteiger partial charge in [0.1, 0.15) is 0 Å². The molecule has 0 N–H and O–H groups in total. The van der Waals surface area contributed by atoms with Crippen molar-refractivity contribution in [1.29, 1.82) is 0 Å². The second kappa shape index (κ2) is 4.26. The normalized spacial score (nSPS) is 13.7. The van der Waals surface area contributed by atoms with Crippen LogP contribution in [0.1, 0.15) is 34.6 Å². The third kappa shape index (κ3) is 7.31. The molecule has 0 bridgehead atoms. The Hall–Kier alpha value is 0.947. The topological polar surface area (TPSA) is 0 Å². The molecule has 0 heterocycles. The van der Waals surface area contributed by atoms with Crippen LogP contribution in [0.25, 0.3) is 0 Å². The van der Waals surface area contributed by atoms with Gasteiger partial charge in [0.05, 0.1) is 0 Å². The van der Waals surface area contributed by atoms with Gasteiger partial charge in [0.15, 0.2) is 0 Å². The molecule has 0 aromatic heterocycles. The molecule has 2 heteroatoms. The zero-order chi connectivity index (χ0) is 9.12. The van der Waals surface area contributed by atoms with E-state index in [2.05, 4.69) is 64.1 Å². The Kier molecular flexibility index (Phi) is 4.63. The van der Waals surface area contributed by atoms with Gasteiger partial charge in [-0.3, -0.25) is 0 Å². The molecule has 0 saturated heterocycles. The molecule has 0 nitrogen and oxygen atoms in total. The van der Waals surface area contributed by atoms with E-state index in [1.165, 1.54) is 10.8 Å².